The van der Waals surface area contributed by atoms with Gasteiger partial charge < -0.3 is 10.1 Å². The first-order chi connectivity index (χ1) is 13.4. The Morgan fingerprint density at radius 3 is 2.50 bits per heavy atom. The van der Waals surface area contributed by atoms with E-state index in [0.717, 1.165) is 5.56 Å². The highest BCUT2D eigenvalue weighted by Gasteiger charge is 2.40. The molecule has 0 fully saturated rings. The van der Waals surface area contributed by atoms with Crippen molar-refractivity contribution in [2.45, 2.75) is 12.8 Å². The van der Waals surface area contributed by atoms with Crippen LogP contribution in [0.3, 0.4) is 0 Å². The van der Waals surface area contributed by atoms with Gasteiger partial charge in [-0.25, -0.2) is 4.79 Å². The van der Waals surface area contributed by atoms with Gasteiger partial charge in [-0.1, -0.05) is 42.5 Å². The number of benzene rings is 2. The van der Waals surface area contributed by atoms with Gasteiger partial charge in [-0.3, -0.25) is 9.79 Å². The average molecular weight is 408 g/mol. The zero-order valence-corrected chi connectivity index (χ0v) is 15.3. The molecule has 0 bridgehead atoms. The molecule has 1 amide bonds. The van der Waals surface area contributed by atoms with Crippen LogP contribution in [0, 0.1) is 0 Å². The first-order valence-corrected chi connectivity index (χ1v) is 9.24. The summed E-state index contributed by atoms with van der Waals surface area (Å²) in [4.78, 5) is 28.3. The maximum atomic E-state index is 12.8. The molecule has 0 aromatic heterocycles. The zero-order chi connectivity index (χ0) is 20.1. The van der Waals surface area contributed by atoms with E-state index in [1.54, 1.807) is 30.3 Å². The van der Waals surface area contributed by atoms with Gasteiger partial charge in [0.25, 0.3) is 0 Å². The molecule has 2 aromatic rings. The van der Waals surface area contributed by atoms with E-state index in [-0.39, 0.29) is 23.4 Å². The molecule has 0 spiro atoms. The fourth-order valence-electron chi connectivity index (χ4n) is 2.52. The van der Waals surface area contributed by atoms with Crippen molar-refractivity contribution in [1.82, 2.24) is 0 Å². The number of carbonyl (C=O) groups excluding carboxylic acids is 2. The highest BCUT2D eigenvalue weighted by molar-refractivity contribution is 8.14. The molecule has 3 rings (SSSR count). The summed E-state index contributed by atoms with van der Waals surface area (Å²) in [5.74, 6) is -2.34. The van der Waals surface area contributed by atoms with Crippen molar-refractivity contribution in [3.63, 3.8) is 0 Å². The summed E-state index contributed by atoms with van der Waals surface area (Å²) >= 11 is 1.34. The van der Waals surface area contributed by atoms with Crippen LogP contribution in [-0.2, 0) is 16.1 Å². The summed E-state index contributed by atoms with van der Waals surface area (Å²) in [6.45, 7) is 0.460. The summed E-state index contributed by atoms with van der Waals surface area (Å²) in [7, 11) is 0. The Kier molecular flexibility index (Phi) is 6.03. The Labute approximate surface area is 163 Å². The summed E-state index contributed by atoms with van der Waals surface area (Å²) in [6, 6.07) is 13.2. The molecule has 1 aliphatic heterocycles. The third kappa shape index (κ3) is 4.72. The number of nitrogens with zero attached hydrogens (tertiary/aromatic N) is 1. The second-order valence-corrected chi connectivity index (χ2v) is 6.86. The number of thioether (sulfide) groups is 1. The van der Waals surface area contributed by atoms with Crippen molar-refractivity contribution < 1.29 is 27.5 Å². The minimum atomic E-state index is -5.09. The summed E-state index contributed by atoms with van der Waals surface area (Å²) in [5.41, 5.74) is 0.565. The Bertz CT molecular complexity index is 914. The Morgan fingerprint density at radius 1 is 1.11 bits per heavy atom. The number of esters is 1. The fourth-order valence-corrected chi connectivity index (χ4v) is 3.40. The number of halogens is 3. The SMILES string of the molecule is O=C(OCc1ccccc1)c1cccc(C2=NCCS2)c1NC(=O)C(F)(F)F. The van der Waals surface area contributed by atoms with E-state index in [9.17, 15) is 22.8 Å². The van der Waals surface area contributed by atoms with Gasteiger partial charge in [0.1, 0.15) is 6.61 Å². The molecule has 0 saturated heterocycles. The molecule has 1 heterocycles. The third-order valence-corrected chi connectivity index (χ3v) is 4.82. The highest BCUT2D eigenvalue weighted by Crippen LogP contribution is 2.30. The molecular formula is C19H15F3N2O3S. The van der Waals surface area contributed by atoms with Crippen LogP contribution in [0.5, 0.6) is 0 Å². The molecule has 1 aliphatic rings. The van der Waals surface area contributed by atoms with E-state index in [0.29, 0.717) is 17.3 Å². The molecule has 28 heavy (non-hydrogen) atoms. The maximum absolute atomic E-state index is 12.8. The highest BCUT2D eigenvalue weighted by atomic mass is 32.2. The molecule has 5 nitrogen and oxygen atoms in total. The number of aliphatic imine (C=N–C) groups is 1. The standard InChI is InChI=1S/C19H15F3N2O3S/c20-19(21,22)18(26)24-15-13(16-23-9-10-28-16)7-4-8-14(15)17(25)27-11-12-5-2-1-3-6-12/h1-8H,9-11H2,(H,24,26). The lowest BCUT2D eigenvalue weighted by molar-refractivity contribution is -0.167. The Morgan fingerprint density at radius 2 is 1.86 bits per heavy atom. The number of nitrogens with one attached hydrogen (secondary N) is 1. The van der Waals surface area contributed by atoms with E-state index in [1.807, 2.05) is 5.32 Å². The summed E-state index contributed by atoms with van der Waals surface area (Å²) < 4.78 is 43.6. The quantitative estimate of drug-likeness (QED) is 0.759. The van der Waals surface area contributed by atoms with Crippen molar-refractivity contribution in [3.05, 3.63) is 65.2 Å². The monoisotopic (exact) mass is 408 g/mol. The van der Waals surface area contributed by atoms with Crippen LogP contribution in [0.25, 0.3) is 0 Å². The zero-order valence-electron chi connectivity index (χ0n) is 14.5. The van der Waals surface area contributed by atoms with Gasteiger partial charge in [0, 0.05) is 17.9 Å². The second-order valence-electron chi connectivity index (χ2n) is 5.78. The molecular weight excluding hydrogens is 393 g/mol. The molecule has 9 heteroatoms. The van der Waals surface area contributed by atoms with Crippen LogP contribution in [0.2, 0.25) is 0 Å². The van der Waals surface area contributed by atoms with Gasteiger partial charge in [0.15, 0.2) is 0 Å². The number of para-hydroxylation sites is 1. The smallest absolute Gasteiger partial charge is 0.457 e. The number of rotatable bonds is 5. The van der Waals surface area contributed by atoms with Crippen molar-refractivity contribution in [3.8, 4) is 0 Å². The molecule has 1 N–H and O–H groups in total. The first-order valence-electron chi connectivity index (χ1n) is 8.26. The molecule has 0 saturated carbocycles. The Balaban J connectivity index is 1.91. The van der Waals surface area contributed by atoms with Gasteiger partial charge in [0.2, 0.25) is 0 Å². The first kappa shape index (κ1) is 19.9. The molecule has 0 unspecified atom stereocenters. The van der Waals surface area contributed by atoms with Crippen LogP contribution in [0.4, 0.5) is 18.9 Å². The molecule has 0 aliphatic carbocycles. The van der Waals surface area contributed by atoms with E-state index >= 15 is 0 Å². The molecule has 2 aromatic carbocycles. The minimum absolute atomic E-state index is 0.0494. The van der Waals surface area contributed by atoms with Crippen LogP contribution < -0.4 is 5.32 Å². The molecule has 0 atom stereocenters. The van der Waals surface area contributed by atoms with E-state index in [4.69, 9.17) is 4.74 Å². The van der Waals surface area contributed by atoms with Crippen molar-refractivity contribution >= 4 is 34.4 Å². The van der Waals surface area contributed by atoms with Gasteiger partial charge in [0.05, 0.1) is 16.3 Å². The fraction of sp³-hybridized carbons (Fsp3) is 0.211. The van der Waals surface area contributed by atoms with Gasteiger partial charge in [-0.2, -0.15) is 13.2 Å². The van der Waals surface area contributed by atoms with Crippen LogP contribution in [0.1, 0.15) is 21.5 Å². The van der Waals surface area contributed by atoms with E-state index in [1.165, 1.54) is 30.0 Å². The van der Waals surface area contributed by atoms with Crippen LogP contribution >= 0.6 is 11.8 Å². The lowest BCUT2D eigenvalue weighted by atomic mass is 10.1. The van der Waals surface area contributed by atoms with Crippen LogP contribution in [0.15, 0.2) is 53.5 Å². The van der Waals surface area contributed by atoms with E-state index < -0.39 is 18.1 Å². The second kappa shape index (κ2) is 8.47. The average Bonchev–Trinajstić information content (AvgIpc) is 3.21. The largest absolute Gasteiger partial charge is 0.471 e. The number of amides is 1. The Hall–Kier alpha value is -2.81. The minimum Gasteiger partial charge on any atom is -0.457 e. The van der Waals surface area contributed by atoms with Gasteiger partial charge in [-0.05, 0) is 11.6 Å². The van der Waals surface area contributed by atoms with Crippen molar-refractivity contribution in [2.24, 2.45) is 4.99 Å². The lowest BCUT2D eigenvalue weighted by Crippen LogP contribution is -2.31. The van der Waals surface area contributed by atoms with Gasteiger partial charge in [-0.15, -0.1) is 11.8 Å². The van der Waals surface area contributed by atoms with E-state index in [2.05, 4.69) is 4.99 Å². The number of anilines is 1. The third-order valence-electron chi connectivity index (χ3n) is 3.81. The predicted octanol–water partition coefficient (Wildman–Crippen LogP) is 4.04. The molecule has 146 valence electrons. The van der Waals surface area contributed by atoms with Crippen LogP contribution in [-0.4, -0.2) is 35.4 Å². The maximum Gasteiger partial charge on any atom is 0.471 e. The number of ether oxygens (including phenoxy) is 1. The number of hydrogen-bond donors (Lipinski definition) is 1. The molecule has 0 radical (unpaired) electrons. The normalized spacial score (nSPS) is 13.8. The number of carbonyl (C=O) groups is 2. The van der Waals surface area contributed by atoms with Crippen molar-refractivity contribution in [1.29, 1.82) is 0 Å². The number of hydrogen-bond acceptors (Lipinski definition) is 5. The topological polar surface area (TPSA) is 67.8 Å². The predicted molar refractivity (Wildman–Crippen MR) is 101 cm³/mol. The van der Waals surface area contributed by atoms with Gasteiger partial charge >= 0.3 is 18.1 Å². The lowest BCUT2D eigenvalue weighted by Gasteiger charge is -2.16. The van der Waals surface area contributed by atoms with Crippen molar-refractivity contribution in [2.75, 3.05) is 17.6 Å². The summed E-state index contributed by atoms with van der Waals surface area (Å²) in [5, 5.41) is 2.28. The summed E-state index contributed by atoms with van der Waals surface area (Å²) in [6.07, 6.45) is -5.09. The number of alkyl halides is 3.